The molecule has 1 saturated heterocycles. The van der Waals surface area contributed by atoms with Crippen molar-refractivity contribution in [1.29, 1.82) is 0 Å². The quantitative estimate of drug-likeness (QED) is 0.523. The molecule has 6 N–H and O–H groups in total. The molecule has 1 aliphatic rings. The molecule has 28 heavy (non-hydrogen) atoms. The van der Waals surface area contributed by atoms with Crippen LogP contribution in [0.25, 0.3) is 10.4 Å². The number of urea groups is 1. The van der Waals surface area contributed by atoms with Crippen molar-refractivity contribution in [2.75, 3.05) is 25.5 Å². The van der Waals surface area contributed by atoms with E-state index < -0.39 is 6.03 Å². The first-order chi connectivity index (χ1) is 13.5. The highest BCUT2D eigenvalue weighted by Gasteiger charge is 2.22. The summed E-state index contributed by atoms with van der Waals surface area (Å²) in [6, 6.07) is 8.09. The van der Waals surface area contributed by atoms with E-state index in [1.165, 1.54) is 11.3 Å². The second kappa shape index (κ2) is 8.85. The molecule has 3 rings (SSSR count). The summed E-state index contributed by atoms with van der Waals surface area (Å²) in [7, 11) is 1.57. The van der Waals surface area contributed by atoms with Crippen LogP contribution in [0.4, 0.5) is 9.80 Å². The molecule has 0 spiro atoms. The van der Waals surface area contributed by atoms with Crippen LogP contribution < -0.4 is 27.0 Å². The largest absolute Gasteiger partial charge is 0.355 e. The molecule has 9 heteroatoms. The number of nitrogens with one attached hydrogen (secondary N) is 4. The van der Waals surface area contributed by atoms with Crippen LogP contribution in [0.1, 0.15) is 33.6 Å². The van der Waals surface area contributed by atoms with Crippen molar-refractivity contribution in [2.24, 2.45) is 5.73 Å². The number of anilines is 1. The number of rotatable bonds is 5. The number of primary amides is 1. The van der Waals surface area contributed by atoms with Crippen molar-refractivity contribution in [3.05, 3.63) is 41.5 Å². The van der Waals surface area contributed by atoms with Gasteiger partial charge in [-0.25, -0.2) is 4.79 Å². The van der Waals surface area contributed by atoms with E-state index in [0.717, 1.165) is 36.4 Å². The molecule has 0 bridgehead atoms. The third-order valence-electron chi connectivity index (χ3n) is 4.50. The van der Waals surface area contributed by atoms with Gasteiger partial charge < -0.3 is 21.7 Å². The van der Waals surface area contributed by atoms with Gasteiger partial charge in [-0.05, 0) is 43.1 Å². The highest BCUT2D eigenvalue weighted by Crippen LogP contribution is 2.35. The first-order valence-electron chi connectivity index (χ1n) is 9.02. The van der Waals surface area contributed by atoms with Crippen molar-refractivity contribution in [2.45, 2.75) is 18.9 Å². The lowest BCUT2D eigenvalue weighted by Gasteiger charge is -2.23. The average molecular weight is 401 g/mol. The SMILES string of the molecule is CNC(=O)c1ccc(-c2cc(C(=O)N[C@H]3CCCNC3)c(NC(N)=O)s2)cc1. The van der Waals surface area contributed by atoms with Gasteiger partial charge in [-0.2, -0.15) is 0 Å². The topological polar surface area (TPSA) is 125 Å². The second-order valence-electron chi connectivity index (χ2n) is 6.52. The third kappa shape index (κ3) is 4.68. The summed E-state index contributed by atoms with van der Waals surface area (Å²) in [6.07, 6.45) is 1.92. The van der Waals surface area contributed by atoms with Gasteiger partial charge in [0.05, 0.1) is 5.56 Å². The Morgan fingerprint density at radius 3 is 2.54 bits per heavy atom. The van der Waals surface area contributed by atoms with E-state index in [2.05, 4.69) is 21.3 Å². The Balaban J connectivity index is 1.85. The Morgan fingerprint density at radius 2 is 1.93 bits per heavy atom. The summed E-state index contributed by atoms with van der Waals surface area (Å²) < 4.78 is 0. The lowest BCUT2D eigenvalue weighted by Crippen LogP contribution is -2.45. The predicted octanol–water partition coefficient (Wildman–Crippen LogP) is 1.75. The highest BCUT2D eigenvalue weighted by molar-refractivity contribution is 7.20. The molecule has 0 unspecified atom stereocenters. The zero-order valence-electron chi connectivity index (χ0n) is 15.5. The highest BCUT2D eigenvalue weighted by atomic mass is 32.1. The summed E-state index contributed by atoms with van der Waals surface area (Å²) in [6.45, 7) is 1.68. The number of hydrogen-bond donors (Lipinski definition) is 5. The fourth-order valence-electron chi connectivity index (χ4n) is 3.08. The monoisotopic (exact) mass is 401 g/mol. The minimum absolute atomic E-state index is 0.0536. The molecule has 1 fully saturated rings. The summed E-state index contributed by atoms with van der Waals surface area (Å²) in [5, 5.41) is 11.8. The molecule has 148 valence electrons. The van der Waals surface area contributed by atoms with Crippen molar-refractivity contribution in [1.82, 2.24) is 16.0 Å². The van der Waals surface area contributed by atoms with E-state index >= 15 is 0 Å². The fourth-order valence-corrected chi connectivity index (χ4v) is 4.14. The van der Waals surface area contributed by atoms with Crippen LogP contribution in [-0.2, 0) is 0 Å². The van der Waals surface area contributed by atoms with Gasteiger partial charge in [0.1, 0.15) is 5.00 Å². The lowest BCUT2D eigenvalue weighted by molar-refractivity contribution is 0.0930. The Labute approximate surface area is 166 Å². The van der Waals surface area contributed by atoms with Gasteiger partial charge in [0.2, 0.25) is 0 Å². The van der Waals surface area contributed by atoms with Crippen LogP contribution in [0.2, 0.25) is 0 Å². The molecule has 1 aromatic heterocycles. The molecular weight excluding hydrogens is 378 g/mol. The maximum atomic E-state index is 12.8. The molecule has 1 atom stereocenters. The predicted molar refractivity (Wildman–Crippen MR) is 110 cm³/mol. The number of piperidine rings is 1. The van der Waals surface area contributed by atoms with E-state index in [-0.39, 0.29) is 17.9 Å². The summed E-state index contributed by atoms with van der Waals surface area (Å²) >= 11 is 1.26. The minimum atomic E-state index is -0.725. The molecule has 1 aromatic carbocycles. The van der Waals surface area contributed by atoms with Crippen molar-refractivity contribution in [3.8, 4) is 10.4 Å². The van der Waals surface area contributed by atoms with Gasteiger partial charge >= 0.3 is 6.03 Å². The van der Waals surface area contributed by atoms with Crippen molar-refractivity contribution < 1.29 is 14.4 Å². The lowest BCUT2D eigenvalue weighted by atomic mass is 10.1. The maximum Gasteiger partial charge on any atom is 0.317 e. The molecule has 0 aliphatic carbocycles. The molecule has 8 nitrogen and oxygen atoms in total. The maximum absolute atomic E-state index is 12.8. The van der Waals surface area contributed by atoms with E-state index in [9.17, 15) is 14.4 Å². The standard InChI is InChI=1S/C19H23N5O3S/c1-21-16(25)12-6-4-11(5-7-12)15-9-14(18(28-15)24-19(20)27)17(26)23-13-3-2-8-22-10-13/h4-7,9,13,22H,2-3,8,10H2,1H3,(H,21,25)(H,23,26)(H3,20,24,27)/t13-/m0/s1. The van der Waals surface area contributed by atoms with E-state index in [1.54, 1.807) is 37.4 Å². The summed E-state index contributed by atoms with van der Waals surface area (Å²) in [4.78, 5) is 36.6. The third-order valence-corrected chi connectivity index (χ3v) is 5.60. The zero-order chi connectivity index (χ0) is 20.1. The summed E-state index contributed by atoms with van der Waals surface area (Å²) in [5.74, 6) is -0.420. The molecule has 4 amide bonds. The van der Waals surface area contributed by atoms with Crippen molar-refractivity contribution >= 4 is 34.2 Å². The van der Waals surface area contributed by atoms with Crippen LogP contribution in [0.3, 0.4) is 0 Å². The number of benzene rings is 1. The smallest absolute Gasteiger partial charge is 0.317 e. The Bertz CT molecular complexity index is 872. The normalized spacial score (nSPS) is 16.2. The van der Waals surface area contributed by atoms with E-state index in [1.807, 2.05) is 0 Å². The molecule has 2 aromatic rings. The van der Waals surface area contributed by atoms with Crippen LogP contribution in [-0.4, -0.2) is 44.0 Å². The van der Waals surface area contributed by atoms with Gasteiger partial charge in [0, 0.05) is 30.1 Å². The number of amides is 4. The first kappa shape index (κ1) is 19.8. The fraction of sp³-hybridized carbons (Fsp3) is 0.316. The minimum Gasteiger partial charge on any atom is -0.355 e. The first-order valence-corrected chi connectivity index (χ1v) is 9.84. The zero-order valence-corrected chi connectivity index (χ0v) is 16.3. The molecule has 1 aliphatic heterocycles. The molecular formula is C19H23N5O3S. The molecule has 0 saturated carbocycles. The Kier molecular flexibility index (Phi) is 6.27. The van der Waals surface area contributed by atoms with Crippen LogP contribution in [0.15, 0.2) is 30.3 Å². The van der Waals surface area contributed by atoms with Crippen LogP contribution >= 0.6 is 11.3 Å². The number of nitrogens with two attached hydrogens (primary N) is 1. The van der Waals surface area contributed by atoms with Gasteiger partial charge in [-0.1, -0.05) is 12.1 Å². The van der Waals surface area contributed by atoms with E-state index in [0.29, 0.717) is 16.1 Å². The van der Waals surface area contributed by atoms with E-state index in [4.69, 9.17) is 5.73 Å². The molecule has 2 heterocycles. The Hall–Kier alpha value is -2.91. The van der Waals surface area contributed by atoms with Crippen LogP contribution in [0.5, 0.6) is 0 Å². The van der Waals surface area contributed by atoms with Crippen molar-refractivity contribution in [3.63, 3.8) is 0 Å². The number of hydrogen-bond acceptors (Lipinski definition) is 5. The van der Waals surface area contributed by atoms with Gasteiger partial charge in [0.25, 0.3) is 11.8 Å². The molecule has 0 radical (unpaired) electrons. The van der Waals surface area contributed by atoms with Gasteiger partial charge in [-0.15, -0.1) is 11.3 Å². The Morgan fingerprint density at radius 1 is 1.18 bits per heavy atom. The second-order valence-corrected chi connectivity index (χ2v) is 7.57. The van der Waals surface area contributed by atoms with Gasteiger partial charge in [0.15, 0.2) is 0 Å². The number of carbonyl (C=O) groups excluding carboxylic acids is 3. The number of thiophene rings is 1. The number of carbonyl (C=O) groups is 3. The average Bonchev–Trinajstić information content (AvgIpc) is 3.11. The summed E-state index contributed by atoms with van der Waals surface area (Å²) in [5.41, 5.74) is 7.02. The van der Waals surface area contributed by atoms with Crippen LogP contribution in [0, 0.1) is 0 Å². The van der Waals surface area contributed by atoms with Gasteiger partial charge in [-0.3, -0.25) is 14.9 Å².